The molecule has 32 heavy (non-hydrogen) atoms. The summed E-state index contributed by atoms with van der Waals surface area (Å²) in [5.41, 5.74) is 4.51. The van der Waals surface area contributed by atoms with Gasteiger partial charge in [-0.05, 0) is 59.3 Å². The Morgan fingerprint density at radius 1 is 1.00 bits per heavy atom. The number of nitrogens with zero attached hydrogens (tertiary/aromatic N) is 1. The lowest BCUT2D eigenvalue weighted by atomic mass is 10.0. The van der Waals surface area contributed by atoms with Crippen LogP contribution >= 0.6 is 0 Å². The van der Waals surface area contributed by atoms with Gasteiger partial charge in [0, 0.05) is 11.6 Å². The van der Waals surface area contributed by atoms with Gasteiger partial charge < -0.3 is 19.9 Å². The molecule has 1 aromatic heterocycles. The molecule has 0 aliphatic heterocycles. The molecule has 0 radical (unpaired) electrons. The number of rotatable bonds is 3. The molecule has 3 N–H and O–H groups in total. The molecule has 0 saturated heterocycles. The van der Waals surface area contributed by atoms with Gasteiger partial charge in [-0.15, -0.1) is 0 Å². The number of phenolic OH excluding ortho intramolecular Hbond substituents is 1. The summed E-state index contributed by atoms with van der Waals surface area (Å²) < 4.78 is 18.3. The Morgan fingerprint density at radius 3 is 2.56 bits per heavy atom. The van der Waals surface area contributed by atoms with Crippen LogP contribution in [0.25, 0.3) is 44.3 Å². The molecule has 158 valence electrons. The molecule has 6 nitrogen and oxygen atoms in total. The van der Waals surface area contributed by atoms with Crippen molar-refractivity contribution >= 4 is 28.0 Å². The summed E-state index contributed by atoms with van der Waals surface area (Å²) >= 11 is 0. The van der Waals surface area contributed by atoms with Gasteiger partial charge in [0.2, 0.25) is 0 Å². The lowest BCUT2D eigenvalue weighted by Gasteiger charge is -2.06. The molecular formula is C25H17FN2O4. The van der Waals surface area contributed by atoms with Crippen molar-refractivity contribution in [3.05, 3.63) is 78.1 Å². The van der Waals surface area contributed by atoms with E-state index >= 15 is 0 Å². The summed E-state index contributed by atoms with van der Waals surface area (Å²) in [5.74, 6) is 0.266. The van der Waals surface area contributed by atoms with Crippen LogP contribution in [-0.2, 0) is 0 Å². The number of aromatic amines is 1. The maximum absolute atomic E-state index is 13.7. The van der Waals surface area contributed by atoms with Crippen LogP contribution in [0.4, 0.5) is 9.18 Å². The van der Waals surface area contributed by atoms with Gasteiger partial charge in [0.25, 0.3) is 0 Å². The maximum Gasteiger partial charge on any atom is 0.511 e. The van der Waals surface area contributed by atoms with E-state index in [2.05, 4.69) is 9.72 Å². The zero-order chi connectivity index (χ0) is 22.4. The van der Waals surface area contributed by atoms with Crippen molar-refractivity contribution < 1.29 is 24.1 Å². The van der Waals surface area contributed by atoms with E-state index in [0.717, 1.165) is 22.2 Å². The van der Waals surface area contributed by atoms with Gasteiger partial charge in [-0.3, -0.25) is 0 Å². The second-order valence-electron chi connectivity index (χ2n) is 7.50. The van der Waals surface area contributed by atoms with E-state index in [0.29, 0.717) is 27.7 Å². The Balaban J connectivity index is 1.61. The first-order valence-corrected chi connectivity index (χ1v) is 9.82. The minimum atomic E-state index is -1.46. The summed E-state index contributed by atoms with van der Waals surface area (Å²) in [7, 11) is 0. The molecule has 0 unspecified atom stereocenters. The highest BCUT2D eigenvalue weighted by molar-refractivity contribution is 6.08. The first-order valence-electron chi connectivity index (χ1n) is 9.82. The predicted molar refractivity (Wildman–Crippen MR) is 119 cm³/mol. The minimum Gasteiger partial charge on any atom is -0.507 e. The van der Waals surface area contributed by atoms with Crippen molar-refractivity contribution in [2.45, 2.75) is 6.92 Å². The third-order valence-electron chi connectivity index (χ3n) is 5.35. The van der Waals surface area contributed by atoms with Crippen molar-refractivity contribution in [3.8, 4) is 34.0 Å². The van der Waals surface area contributed by atoms with Crippen LogP contribution < -0.4 is 4.74 Å². The second-order valence-corrected chi connectivity index (χ2v) is 7.50. The topological polar surface area (TPSA) is 95.4 Å². The molecule has 7 heteroatoms. The number of benzene rings is 4. The lowest BCUT2D eigenvalue weighted by Crippen LogP contribution is -2.02. The number of ether oxygens (including phenoxy) is 1. The molecule has 1 heterocycles. The number of nitrogens with one attached hydrogen (secondary N) is 1. The lowest BCUT2D eigenvalue weighted by molar-refractivity contribution is 0.144. The molecule has 5 aromatic rings. The van der Waals surface area contributed by atoms with Crippen LogP contribution in [0.1, 0.15) is 5.56 Å². The fraction of sp³-hybridized carbons (Fsp3) is 0.0400. The van der Waals surface area contributed by atoms with Gasteiger partial charge in [-0.1, -0.05) is 30.3 Å². The summed E-state index contributed by atoms with van der Waals surface area (Å²) in [5, 5.41) is 20.4. The first-order chi connectivity index (χ1) is 15.4. The molecule has 0 spiro atoms. The third-order valence-corrected chi connectivity index (χ3v) is 5.35. The highest BCUT2D eigenvalue weighted by atomic mass is 19.1. The third kappa shape index (κ3) is 3.39. The molecule has 0 aliphatic rings. The molecule has 0 amide bonds. The number of fused-ring (bicyclic) bond motifs is 3. The smallest absolute Gasteiger partial charge is 0.507 e. The van der Waals surface area contributed by atoms with Crippen LogP contribution in [0, 0.1) is 12.7 Å². The van der Waals surface area contributed by atoms with Crippen molar-refractivity contribution in [3.63, 3.8) is 0 Å². The van der Waals surface area contributed by atoms with E-state index in [1.54, 1.807) is 25.1 Å². The quantitative estimate of drug-likeness (QED) is 0.233. The summed E-state index contributed by atoms with van der Waals surface area (Å²) in [6.45, 7) is 1.73. The fourth-order valence-corrected chi connectivity index (χ4v) is 3.85. The van der Waals surface area contributed by atoms with Gasteiger partial charge in [0.05, 0.1) is 10.9 Å². The van der Waals surface area contributed by atoms with Crippen molar-refractivity contribution in [1.82, 2.24) is 9.97 Å². The molecule has 0 saturated carbocycles. The van der Waals surface area contributed by atoms with Crippen molar-refractivity contribution in [1.29, 1.82) is 0 Å². The van der Waals surface area contributed by atoms with E-state index in [-0.39, 0.29) is 17.3 Å². The zero-order valence-corrected chi connectivity index (χ0v) is 16.9. The largest absolute Gasteiger partial charge is 0.511 e. The Morgan fingerprint density at radius 2 is 1.78 bits per heavy atom. The number of phenols is 1. The summed E-state index contributed by atoms with van der Waals surface area (Å²) in [4.78, 5) is 18.8. The SMILES string of the molecule is Cc1cc(-c2cccc(-c3nc4c(ccc5cc(OC(=O)O)cc(O)c54)[nH]3)c2)ccc1F. The van der Waals surface area contributed by atoms with E-state index in [4.69, 9.17) is 10.1 Å². The van der Waals surface area contributed by atoms with Gasteiger partial charge in [0.15, 0.2) is 0 Å². The Kier molecular flexibility index (Phi) is 4.52. The highest BCUT2D eigenvalue weighted by Crippen LogP contribution is 2.36. The van der Waals surface area contributed by atoms with E-state index in [9.17, 15) is 14.3 Å². The molecule has 0 fully saturated rings. The number of halogens is 1. The number of hydrogen-bond donors (Lipinski definition) is 3. The number of aromatic nitrogens is 2. The molecule has 0 bridgehead atoms. The van der Waals surface area contributed by atoms with Gasteiger partial charge in [-0.25, -0.2) is 14.2 Å². The van der Waals surface area contributed by atoms with E-state index in [1.807, 2.05) is 30.3 Å². The normalized spacial score (nSPS) is 11.2. The molecule has 4 aromatic carbocycles. The molecular weight excluding hydrogens is 411 g/mol. The average molecular weight is 428 g/mol. The number of aryl methyl sites for hydroxylation is 1. The standard InChI is InChI=1S/C25H17FN2O4/c1-13-9-15(5-7-19(13)26)14-3-2-4-17(10-14)24-27-20-8-6-16-11-18(32-25(30)31)12-21(29)22(16)23(20)28-24/h2-12,29H,1H3,(H,27,28)(H,30,31). The second kappa shape index (κ2) is 7.39. The van der Waals surface area contributed by atoms with Gasteiger partial charge >= 0.3 is 6.16 Å². The van der Waals surface area contributed by atoms with Gasteiger partial charge in [0.1, 0.15) is 28.7 Å². The number of carbonyl (C=O) groups is 1. The Bertz CT molecular complexity index is 1520. The molecule has 0 atom stereocenters. The van der Waals surface area contributed by atoms with Crippen molar-refractivity contribution in [2.24, 2.45) is 0 Å². The van der Waals surface area contributed by atoms with Crippen molar-refractivity contribution in [2.75, 3.05) is 0 Å². The average Bonchev–Trinajstić information content (AvgIpc) is 3.19. The molecule has 0 aliphatic carbocycles. The number of imidazole rings is 1. The van der Waals surface area contributed by atoms with Crippen LogP contribution in [0.15, 0.2) is 66.7 Å². The van der Waals surface area contributed by atoms with Crippen LogP contribution in [0.3, 0.4) is 0 Å². The van der Waals surface area contributed by atoms with Crippen LogP contribution in [-0.4, -0.2) is 26.3 Å². The summed E-state index contributed by atoms with van der Waals surface area (Å²) in [6.07, 6.45) is -1.46. The van der Waals surface area contributed by atoms with Gasteiger partial charge in [-0.2, -0.15) is 0 Å². The van der Waals surface area contributed by atoms with E-state index in [1.165, 1.54) is 18.2 Å². The number of carboxylic acid groups (broad SMARTS) is 1. The zero-order valence-electron chi connectivity index (χ0n) is 16.9. The number of hydrogen-bond acceptors (Lipinski definition) is 4. The van der Waals surface area contributed by atoms with E-state index < -0.39 is 6.16 Å². The predicted octanol–water partition coefficient (Wildman–Crippen LogP) is 6.26. The van der Waals surface area contributed by atoms with Crippen LogP contribution in [0.5, 0.6) is 11.5 Å². The Labute approximate surface area is 181 Å². The fourth-order valence-electron chi connectivity index (χ4n) is 3.85. The maximum atomic E-state index is 13.7. The minimum absolute atomic E-state index is 0.0277. The van der Waals surface area contributed by atoms with Crippen LogP contribution in [0.2, 0.25) is 0 Å². The number of aromatic hydroxyl groups is 1. The Hall–Kier alpha value is -4.39. The highest BCUT2D eigenvalue weighted by Gasteiger charge is 2.14. The number of H-pyrrole nitrogens is 1. The summed E-state index contributed by atoms with van der Waals surface area (Å²) in [6, 6.07) is 19.1. The first kappa shape index (κ1) is 19.6. The monoisotopic (exact) mass is 428 g/mol. The molecule has 5 rings (SSSR count).